The zero-order valence-corrected chi connectivity index (χ0v) is 14.7. The fourth-order valence-electron chi connectivity index (χ4n) is 2.81. The molecule has 10 heteroatoms. The number of anilines is 2. The van der Waals surface area contributed by atoms with E-state index in [0.717, 1.165) is 6.07 Å². The van der Waals surface area contributed by atoms with E-state index in [4.69, 9.17) is 22.1 Å². The molecule has 0 saturated carbocycles. The number of hydrogen-bond acceptors (Lipinski definition) is 6. The molecule has 7 nitrogen and oxygen atoms in total. The third-order valence-corrected chi connectivity index (χ3v) is 4.27. The molecular formula is C17H13ClF2N6O. The second kappa shape index (κ2) is 6.60. The predicted octanol–water partition coefficient (Wildman–Crippen LogP) is 3.31. The average Bonchev–Trinajstić information content (AvgIpc) is 3.04. The highest BCUT2D eigenvalue weighted by Crippen LogP contribution is 2.34. The van der Waals surface area contributed by atoms with E-state index in [1.54, 1.807) is 12.2 Å². The molecule has 0 bridgehead atoms. The minimum Gasteiger partial charge on any atom is -0.368 e. The Morgan fingerprint density at radius 1 is 1.30 bits per heavy atom. The largest absolute Gasteiger partial charge is 0.368 e. The molecule has 1 aromatic carbocycles. The third kappa shape index (κ3) is 3.00. The number of nitrogen functional groups attached to an aromatic ring is 1. The zero-order valence-electron chi connectivity index (χ0n) is 13.9. The molecule has 1 unspecified atom stereocenters. The first-order valence-corrected chi connectivity index (χ1v) is 8.19. The molecule has 1 aliphatic heterocycles. The van der Waals surface area contributed by atoms with E-state index in [0.29, 0.717) is 10.5 Å². The van der Waals surface area contributed by atoms with Crippen molar-refractivity contribution < 1.29 is 13.5 Å². The lowest BCUT2D eigenvalue weighted by molar-refractivity contribution is 0.143. The van der Waals surface area contributed by atoms with Gasteiger partial charge in [-0.2, -0.15) is 4.98 Å². The van der Waals surface area contributed by atoms with Crippen LogP contribution in [0.2, 0.25) is 0 Å². The molecule has 3 heterocycles. The number of nitrogens with one attached hydrogen (secondary N) is 1. The molecule has 0 fully saturated rings. The first-order valence-electron chi connectivity index (χ1n) is 7.81. The van der Waals surface area contributed by atoms with Gasteiger partial charge in [-0.15, -0.1) is 0 Å². The van der Waals surface area contributed by atoms with E-state index in [2.05, 4.69) is 19.9 Å². The van der Waals surface area contributed by atoms with E-state index in [1.807, 2.05) is 0 Å². The molecule has 27 heavy (non-hydrogen) atoms. The quantitative estimate of drug-likeness (QED) is 0.712. The van der Waals surface area contributed by atoms with Crippen molar-refractivity contribution in [3.05, 3.63) is 53.3 Å². The summed E-state index contributed by atoms with van der Waals surface area (Å²) in [6.45, 7) is 0. The maximum Gasteiger partial charge on any atom is 0.222 e. The van der Waals surface area contributed by atoms with Crippen molar-refractivity contribution in [2.24, 2.45) is 0 Å². The summed E-state index contributed by atoms with van der Waals surface area (Å²) < 4.78 is 35.1. The van der Waals surface area contributed by atoms with Crippen molar-refractivity contribution in [2.75, 3.05) is 17.7 Å². The molecule has 3 N–H and O–H groups in total. The van der Waals surface area contributed by atoms with Gasteiger partial charge in [0.1, 0.15) is 17.2 Å². The van der Waals surface area contributed by atoms with Crippen molar-refractivity contribution >= 4 is 34.4 Å². The number of nitrogens with two attached hydrogens (primary N) is 1. The number of allylic oxidation sites excluding steroid dienone is 2. The summed E-state index contributed by atoms with van der Waals surface area (Å²) in [5.41, 5.74) is 5.88. The van der Waals surface area contributed by atoms with Gasteiger partial charge in [0.2, 0.25) is 5.95 Å². The summed E-state index contributed by atoms with van der Waals surface area (Å²) in [5, 5.41) is 0.378. The second-order valence-electron chi connectivity index (χ2n) is 5.71. The van der Waals surface area contributed by atoms with Crippen molar-refractivity contribution in [2.45, 2.75) is 6.23 Å². The molecule has 0 amide bonds. The SMILES string of the molecule is COC1C=CC(Cl)=CN1c1ccc(F)c(-c2nc3nc(N)ncc3[nH]2)c1F. The van der Waals surface area contributed by atoms with Gasteiger partial charge in [-0.1, -0.05) is 11.6 Å². The summed E-state index contributed by atoms with van der Waals surface area (Å²) >= 11 is 6.03. The highest BCUT2D eigenvalue weighted by atomic mass is 35.5. The van der Waals surface area contributed by atoms with Crippen LogP contribution in [-0.4, -0.2) is 33.3 Å². The van der Waals surface area contributed by atoms with Crippen LogP contribution in [0.25, 0.3) is 22.6 Å². The van der Waals surface area contributed by atoms with Gasteiger partial charge >= 0.3 is 0 Å². The van der Waals surface area contributed by atoms with Crippen LogP contribution in [0.5, 0.6) is 0 Å². The van der Waals surface area contributed by atoms with Crippen molar-refractivity contribution in [3.63, 3.8) is 0 Å². The van der Waals surface area contributed by atoms with E-state index in [9.17, 15) is 4.39 Å². The number of aromatic nitrogens is 4. The number of halogens is 3. The number of ether oxygens (including phenoxy) is 1. The topological polar surface area (TPSA) is 92.9 Å². The number of H-pyrrole nitrogens is 1. The molecule has 0 spiro atoms. The minimum absolute atomic E-state index is 0.0121. The Labute approximate surface area is 157 Å². The Balaban J connectivity index is 1.86. The molecule has 138 valence electrons. The lowest BCUT2D eigenvalue weighted by Gasteiger charge is -2.30. The summed E-state index contributed by atoms with van der Waals surface area (Å²) in [6, 6.07) is 2.45. The van der Waals surface area contributed by atoms with Crippen LogP contribution >= 0.6 is 11.6 Å². The number of hydrogen-bond donors (Lipinski definition) is 2. The Morgan fingerprint density at radius 3 is 2.89 bits per heavy atom. The summed E-state index contributed by atoms with van der Waals surface area (Å²) in [7, 11) is 1.47. The van der Waals surface area contributed by atoms with Gasteiger partial charge in [-0.3, -0.25) is 0 Å². The number of rotatable bonds is 3. The van der Waals surface area contributed by atoms with Crippen molar-refractivity contribution in [3.8, 4) is 11.4 Å². The molecule has 1 atom stereocenters. The summed E-state index contributed by atoms with van der Waals surface area (Å²) in [4.78, 5) is 16.2. The number of benzene rings is 1. The average molecular weight is 391 g/mol. The number of nitrogens with zero attached hydrogens (tertiary/aromatic N) is 4. The zero-order chi connectivity index (χ0) is 19.1. The van der Waals surface area contributed by atoms with Crippen LogP contribution in [-0.2, 0) is 4.74 Å². The van der Waals surface area contributed by atoms with E-state index in [-0.39, 0.29) is 28.7 Å². The minimum atomic E-state index is -0.826. The Hall–Kier alpha value is -3.04. The lowest BCUT2D eigenvalue weighted by Crippen LogP contribution is -2.33. The highest BCUT2D eigenvalue weighted by Gasteiger charge is 2.26. The molecule has 0 saturated heterocycles. The van der Waals surface area contributed by atoms with Gasteiger partial charge < -0.3 is 20.4 Å². The highest BCUT2D eigenvalue weighted by molar-refractivity contribution is 6.31. The Bertz CT molecular complexity index is 1100. The van der Waals surface area contributed by atoms with Gasteiger partial charge in [-0.05, 0) is 24.3 Å². The van der Waals surface area contributed by atoms with E-state index < -0.39 is 17.9 Å². The monoisotopic (exact) mass is 390 g/mol. The van der Waals surface area contributed by atoms with Gasteiger partial charge in [0.05, 0.1) is 22.5 Å². The first-order chi connectivity index (χ1) is 13.0. The first kappa shape index (κ1) is 17.4. The van der Waals surface area contributed by atoms with Crippen LogP contribution in [0.15, 0.2) is 41.7 Å². The molecule has 0 radical (unpaired) electrons. The fourth-order valence-corrected chi connectivity index (χ4v) is 2.99. The van der Waals surface area contributed by atoms with Crippen LogP contribution in [0, 0.1) is 11.6 Å². The number of methoxy groups -OCH3 is 1. The normalized spacial score (nSPS) is 16.8. The van der Waals surface area contributed by atoms with Gasteiger partial charge in [0, 0.05) is 13.3 Å². The Morgan fingerprint density at radius 2 is 2.11 bits per heavy atom. The second-order valence-corrected chi connectivity index (χ2v) is 6.15. The summed E-state index contributed by atoms with van der Waals surface area (Å²) in [6.07, 6.45) is 5.59. The molecular weight excluding hydrogens is 378 g/mol. The van der Waals surface area contributed by atoms with E-state index in [1.165, 1.54) is 30.5 Å². The molecule has 2 aromatic heterocycles. The van der Waals surface area contributed by atoms with Crippen LogP contribution in [0.4, 0.5) is 20.4 Å². The van der Waals surface area contributed by atoms with Crippen molar-refractivity contribution in [1.29, 1.82) is 0 Å². The number of fused-ring (bicyclic) bond motifs is 1. The van der Waals surface area contributed by atoms with Gasteiger partial charge in [0.15, 0.2) is 17.7 Å². The van der Waals surface area contributed by atoms with Gasteiger partial charge in [0.25, 0.3) is 0 Å². The molecule has 4 rings (SSSR count). The van der Waals surface area contributed by atoms with Crippen LogP contribution in [0.3, 0.4) is 0 Å². The maximum atomic E-state index is 15.3. The molecule has 3 aromatic rings. The smallest absolute Gasteiger partial charge is 0.222 e. The van der Waals surface area contributed by atoms with Crippen LogP contribution in [0.1, 0.15) is 0 Å². The standard InChI is InChI=1S/C17H13ClF2N6O/c1-27-12-5-2-8(18)7-26(12)11-4-3-9(19)13(14(11)20)16-23-10-6-22-17(21)25-15(10)24-16/h2-7,12H,1H3,(H3,21,22,23,24,25). The van der Waals surface area contributed by atoms with Crippen LogP contribution < -0.4 is 10.6 Å². The maximum absolute atomic E-state index is 15.3. The molecule has 1 aliphatic rings. The number of aromatic amines is 1. The van der Waals surface area contributed by atoms with E-state index >= 15 is 4.39 Å². The third-order valence-electron chi connectivity index (χ3n) is 4.04. The summed E-state index contributed by atoms with van der Waals surface area (Å²) in [5.74, 6) is -1.63. The van der Waals surface area contributed by atoms with Gasteiger partial charge in [-0.25, -0.2) is 18.7 Å². The fraction of sp³-hybridized carbons (Fsp3) is 0.118. The predicted molar refractivity (Wildman–Crippen MR) is 97.8 cm³/mol. The van der Waals surface area contributed by atoms with Crippen molar-refractivity contribution in [1.82, 2.24) is 19.9 Å². The number of imidazole rings is 1. The molecule has 0 aliphatic carbocycles. The Kier molecular flexibility index (Phi) is 4.25. The lowest BCUT2D eigenvalue weighted by atomic mass is 10.1.